The maximum Gasteiger partial charge on any atom is 0.333 e. The Morgan fingerprint density at radius 1 is 1.21 bits per heavy atom. The van der Waals surface area contributed by atoms with Crippen LogP contribution in [0.4, 0.5) is 10.5 Å². The molecule has 3 aromatic rings. The van der Waals surface area contributed by atoms with Gasteiger partial charge >= 0.3 is 6.03 Å². The van der Waals surface area contributed by atoms with Crippen LogP contribution in [0.2, 0.25) is 0 Å². The summed E-state index contributed by atoms with van der Waals surface area (Å²) in [6.07, 6.45) is 1.38. The zero-order chi connectivity index (χ0) is 25.0. The average molecular weight is 519 g/mol. The number of rotatable bonds is 7. The summed E-state index contributed by atoms with van der Waals surface area (Å²) in [6, 6.07) is 10.1. The number of amidine groups is 1. The molecule has 1 aromatic heterocycles. The van der Waals surface area contributed by atoms with Crippen molar-refractivity contribution >= 4 is 61.8 Å². The van der Waals surface area contributed by atoms with Gasteiger partial charge in [0.25, 0.3) is 15.6 Å². The van der Waals surface area contributed by atoms with Gasteiger partial charge in [0.05, 0.1) is 21.0 Å². The van der Waals surface area contributed by atoms with Gasteiger partial charge in [-0.2, -0.15) is 0 Å². The van der Waals surface area contributed by atoms with Crippen LogP contribution in [0.25, 0.3) is 16.6 Å². The van der Waals surface area contributed by atoms with E-state index < -0.39 is 16.1 Å². The molecular weight excluding hydrogens is 500 g/mol. The van der Waals surface area contributed by atoms with E-state index in [1.807, 2.05) is 4.72 Å². The van der Waals surface area contributed by atoms with Gasteiger partial charge in [0.15, 0.2) is 0 Å². The molecule has 0 saturated heterocycles. The molecule has 0 aliphatic heterocycles. The van der Waals surface area contributed by atoms with Crippen molar-refractivity contribution in [3.8, 4) is 5.69 Å². The quantitative estimate of drug-likeness (QED) is 0.321. The number of carbonyl (C=O) groups is 1. The number of aliphatic imine (C=N–C) groups is 1. The number of sulfonamides is 1. The molecule has 4 N–H and O–H groups in total. The molecule has 0 aliphatic rings. The molecule has 3 rings (SSSR count). The molecule has 34 heavy (non-hydrogen) atoms. The number of halogens is 1. The SMILES string of the molecule is C=C(Cl)SC(=C)S(=O)(=O)NC(=O)Nc1ccc(-n2cnc3cc(C(N)=NC)ccc3c2=O)cc1. The highest BCUT2D eigenvalue weighted by Crippen LogP contribution is 2.28. The summed E-state index contributed by atoms with van der Waals surface area (Å²) in [5.41, 5.74) is 7.42. The highest BCUT2D eigenvalue weighted by molar-refractivity contribution is 8.21. The lowest BCUT2D eigenvalue weighted by Crippen LogP contribution is -2.34. The van der Waals surface area contributed by atoms with Crippen molar-refractivity contribution in [1.82, 2.24) is 14.3 Å². The van der Waals surface area contributed by atoms with Gasteiger partial charge < -0.3 is 11.1 Å². The number of amides is 2. The molecule has 176 valence electrons. The van der Waals surface area contributed by atoms with Crippen LogP contribution in [-0.2, 0) is 10.0 Å². The lowest BCUT2D eigenvalue weighted by molar-refractivity contribution is 0.256. The van der Waals surface area contributed by atoms with Crippen molar-refractivity contribution in [1.29, 1.82) is 0 Å². The average Bonchev–Trinajstić information content (AvgIpc) is 2.78. The van der Waals surface area contributed by atoms with Gasteiger partial charge in [0.1, 0.15) is 16.4 Å². The molecule has 2 amide bonds. The Morgan fingerprint density at radius 3 is 2.50 bits per heavy atom. The fraction of sp³-hybridized carbons (Fsp3) is 0.0476. The summed E-state index contributed by atoms with van der Waals surface area (Å²) >= 11 is 6.17. The van der Waals surface area contributed by atoms with E-state index in [-0.39, 0.29) is 19.8 Å². The predicted molar refractivity (Wildman–Crippen MR) is 137 cm³/mol. The molecule has 0 bridgehead atoms. The Morgan fingerprint density at radius 2 is 1.88 bits per heavy atom. The van der Waals surface area contributed by atoms with Crippen LogP contribution in [-0.4, -0.2) is 36.9 Å². The highest BCUT2D eigenvalue weighted by Gasteiger charge is 2.20. The summed E-state index contributed by atoms with van der Waals surface area (Å²) in [5.74, 6) is 0.334. The van der Waals surface area contributed by atoms with Crippen LogP contribution < -0.4 is 21.3 Å². The number of nitrogens with zero attached hydrogens (tertiary/aromatic N) is 3. The van der Waals surface area contributed by atoms with Crippen molar-refractivity contribution in [2.24, 2.45) is 10.7 Å². The van der Waals surface area contributed by atoms with Crippen molar-refractivity contribution < 1.29 is 13.2 Å². The molecule has 0 fully saturated rings. The minimum absolute atomic E-state index is 0.0100. The van der Waals surface area contributed by atoms with E-state index >= 15 is 0 Å². The number of hydrogen-bond donors (Lipinski definition) is 3. The zero-order valence-electron chi connectivity index (χ0n) is 17.8. The molecule has 0 unspecified atom stereocenters. The van der Waals surface area contributed by atoms with E-state index in [4.69, 9.17) is 17.3 Å². The summed E-state index contributed by atoms with van der Waals surface area (Å²) in [5, 5.41) is 2.78. The van der Waals surface area contributed by atoms with Crippen LogP contribution in [0.1, 0.15) is 5.56 Å². The summed E-state index contributed by atoms with van der Waals surface area (Å²) in [6.45, 7) is 6.72. The number of carbonyl (C=O) groups excluding carboxylic acids is 1. The van der Waals surface area contributed by atoms with E-state index in [0.717, 1.165) is 0 Å². The minimum Gasteiger partial charge on any atom is -0.384 e. The van der Waals surface area contributed by atoms with Crippen molar-refractivity contribution in [2.45, 2.75) is 0 Å². The second-order valence-electron chi connectivity index (χ2n) is 6.70. The van der Waals surface area contributed by atoms with Gasteiger partial charge in [-0.1, -0.05) is 42.6 Å². The monoisotopic (exact) mass is 518 g/mol. The van der Waals surface area contributed by atoms with Crippen LogP contribution in [0.3, 0.4) is 0 Å². The van der Waals surface area contributed by atoms with Crippen LogP contribution in [0.15, 0.2) is 80.3 Å². The predicted octanol–water partition coefficient (Wildman–Crippen LogP) is 3.09. The highest BCUT2D eigenvalue weighted by atomic mass is 35.5. The van der Waals surface area contributed by atoms with Crippen molar-refractivity contribution in [3.05, 3.63) is 86.5 Å². The number of thioether (sulfide) groups is 1. The number of hydrogen-bond acceptors (Lipinski definition) is 7. The fourth-order valence-corrected chi connectivity index (χ4v) is 4.75. The molecular formula is C21H19ClN6O4S2. The van der Waals surface area contributed by atoms with E-state index in [1.165, 1.54) is 23.0 Å². The Balaban J connectivity index is 1.78. The first-order chi connectivity index (χ1) is 16.0. The minimum atomic E-state index is -4.17. The summed E-state index contributed by atoms with van der Waals surface area (Å²) in [7, 11) is -2.60. The van der Waals surface area contributed by atoms with Crippen LogP contribution >= 0.6 is 23.4 Å². The number of anilines is 1. The standard InChI is InChI=1S/C21H19ClN6O4S2/c1-12(22)33-13(2)34(31,32)27-21(30)26-15-5-7-16(8-6-15)28-11-25-18-10-14(19(23)24-3)4-9-17(18)20(28)29/h4-11H,1-2H2,3H3,(H2,23,24)(H2,26,27,30). The fourth-order valence-electron chi connectivity index (χ4n) is 2.81. The smallest absolute Gasteiger partial charge is 0.333 e. The Hall–Kier alpha value is -3.61. The second kappa shape index (κ2) is 10.1. The Bertz CT molecular complexity index is 1500. The maximum atomic E-state index is 12.9. The summed E-state index contributed by atoms with van der Waals surface area (Å²) < 4.78 is 26.9. The van der Waals surface area contributed by atoms with Gasteiger partial charge in [-0.05, 0) is 36.4 Å². The first kappa shape index (κ1) is 25.0. The molecule has 2 aromatic carbocycles. The van der Waals surface area contributed by atoms with Crippen molar-refractivity contribution in [3.63, 3.8) is 0 Å². The molecule has 0 aliphatic carbocycles. The number of benzene rings is 2. The Labute approximate surface area is 204 Å². The van der Waals surface area contributed by atoms with E-state index in [2.05, 4.69) is 28.5 Å². The molecule has 10 nitrogen and oxygen atoms in total. The van der Waals surface area contributed by atoms with E-state index in [9.17, 15) is 18.0 Å². The van der Waals surface area contributed by atoms with Gasteiger partial charge in [0, 0.05) is 18.3 Å². The third-order valence-electron chi connectivity index (χ3n) is 4.45. The van der Waals surface area contributed by atoms with Crippen molar-refractivity contribution in [2.75, 3.05) is 12.4 Å². The third kappa shape index (κ3) is 5.65. The molecule has 0 spiro atoms. The topological polar surface area (TPSA) is 149 Å². The van der Waals surface area contributed by atoms with E-state index in [0.29, 0.717) is 39.8 Å². The lowest BCUT2D eigenvalue weighted by atomic mass is 10.1. The lowest BCUT2D eigenvalue weighted by Gasteiger charge is -2.11. The van der Waals surface area contributed by atoms with E-state index in [1.54, 1.807) is 37.4 Å². The van der Waals surface area contributed by atoms with Gasteiger partial charge in [-0.3, -0.25) is 14.4 Å². The number of aromatic nitrogens is 2. The zero-order valence-corrected chi connectivity index (χ0v) is 20.2. The number of nitrogens with two attached hydrogens (primary N) is 1. The molecule has 0 saturated carbocycles. The van der Waals surface area contributed by atoms with Gasteiger partial charge in [-0.15, -0.1) is 0 Å². The van der Waals surface area contributed by atoms with Crippen LogP contribution in [0.5, 0.6) is 0 Å². The molecule has 1 heterocycles. The molecule has 13 heteroatoms. The van der Waals surface area contributed by atoms with Crippen LogP contribution in [0, 0.1) is 0 Å². The normalized spacial score (nSPS) is 11.8. The molecule has 0 radical (unpaired) electrons. The molecule has 0 atom stereocenters. The maximum absolute atomic E-state index is 12.9. The van der Waals surface area contributed by atoms with Gasteiger partial charge in [0.2, 0.25) is 0 Å². The van der Waals surface area contributed by atoms with Gasteiger partial charge in [-0.25, -0.2) is 22.9 Å². The number of fused-ring (bicyclic) bond motifs is 1. The number of nitrogens with one attached hydrogen (secondary N) is 2. The second-order valence-corrected chi connectivity index (χ2v) is 10.5. The number of urea groups is 1. The largest absolute Gasteiger partial charge is 0.384 e. The third-order valence-corrected chi connectivity index (χ3v) is 7.09. The Kier molecular flexibility index (Phi) is 7.44. The summed E-state index contributed by atoms with van der Waals surface area (Å²) in [4.78, 5) is 33.3. The first-order valence-corrected chi connectivity index (χ1v) is 12.1. The first-order valence-electron chi connectivity index (χ1n) is 9.41.